The number of carbonyl (C=O) groups is 1. The van der Waals surface area contributed by atoms with E-state index in [1.807, 2.05) is 20.0 Å². The van der Waals surface area contributed by atoms with E-state index < -0.39 is 0 Å². The van der Waals surface area contributed by atoms with Crippen LogP contribution >= 0.6 is 0 Å². The zero-order valence-corrected chi connectivity index (χ0v) is 11.5. The number of amides is 1. The molecule has 3 heteroatoms. The van der Waals surface area contributed by atoms with Crippen molar-refractivity contribution in [1.82, 2.24) is 10.3 Å². The number of H-pyrrole nitrogens is 1. The summed E-state index contributed by atoms with van der Waals surface area (Å²) in [6.07, 6.45) is 2.77. The molecule has 19 heavy (non-hydrogen) atoms. The van der Waals surface area contributed by atoms with E-state index in [-0.39, 0.29) is 11.4 Å². The Morgan fingerprint density at radius 1 is 1.16 bits per heavy atom. The van der Waals surface area contributed by atoms with Crippen molar-refractivity contribution >= 4 is 5.91 Å². The van der Waals surface area contributed by atoms with Crippen LogP contribution in [0.25, 0.3) is 11.1 Å². The Hall–Kier alpha value is -2.03. The minimum absolute atomic E-state index is 0.0167. The molecule has 1 aliphatic heterocycles. The largest absolute Gasteiger partial charge is 0.364 e. The number of aromatic amines is 1. The maximum atomic E-state index is 12.3. The summed E-state index contributed by atoms with van der Waals surface area (Å²) in [7, 11) is 0. The van der Waals surface area contributed by atoms with Gasteiger partial charge in [-0.2, -0.15) is 0 Å². The van der Waals surface area contributed by atoms with E-state index in [0.717, 1.165) is 28.8 Å². The fourth-order valence-electron chi connectivity index (χ4n) is 2.68. The monoisotopic (exact) mass is 254 g/mol. The molecule has 0 aliphatic carbocycles. The maximum Gasteiger partial charge on any atom is 0.254 e. The van der Waals surface area contributed by atoms with Crippen LogP contribution in [0, 0.1) is 6.92 Å². The third kappa shape index (κ3) is 2.05. The van der Waals surface area contributed by atoms with Crippen LogP contribution < -0.4 is 5.32 Å². The smallest absolute Gasteiger partial charge is 0.254 e. The number of rotatable bonds is 1. The predicted octanol–water partition coefficient (Wildman–Crippen LogP) is 3.05. The van der Waals surface area contributed by atoms with Crippen molar-refractivity contribution in [3.8, 4) is 11.1 Å². The van der Waals surface area contributed by atoms with Crippen LogP contribution in [0.2, 0.25) is 0 Å². The third-order valence-corrected chi connectivity index (χ3v) is 3.62. The van der Waals surface area contributed by atoms with Gasteiger partial charge in [-0.05, 0) is 26.3 Å². The average molecular weight is 254 g/mol. The normalized spacial score (nSPS) is 16.9. The first-order valence-electron chi connectivity index (χ1n) is 6.56. The Morgan fingerprint density at radius 3 is 2.53 bits per heavy atom. The van der Waals surface area contributed by atoms with Crippen LogP contribution in [0.15, 0.2) is 30.5 Å². The van der Waals surface area contributed by atoms with Crippen LogP contribution in [-0.4, -0.2) is 16.4 Å². The molecule has 0 saturated heterocycles. The summed E-state index contributed by atoms with van der Waals surface area (Å²) in [5.74, 6) is 0.0167. The molecule has 2 N–H and O–H groups in total. The van der Waals surface area contributed by atoms with Gasteiger partial charge in [0.1, 0.15) is 0 Å². The number of aromatic nitrogens is 1. The summed E-state index contributed by atoms with van der Waals surface area (Å²) in [6.45, 7) is 6.14. The molecule has 0 bridgehead atoms. The van der Waals surface area contributed by atoms with Gasteiger partial charge in [-0.15, -0.1) is 0 Å². The lowest BCUT2D eigenvalue weighted by atomic mass is 9.89. The molecule has 1 aromatic carbocycles. The lowest BCUT2D eigenvalue weighted by molar-refractivity contribution is 0.0897. The highest BCUT2D eigenvalue weighted by Gasteiger charge is 2.33. The van der Waals surface area contributed by atoms with E-state index in [0.29, 0.717) is 0 Å². The first-order chi connectivity index (χ1) is 8.96. The molecule has 1 aliphatic rings. The molecule has 3 nitrogen and oxygen atoms in total. The molecular formula is C16H18N2O. The number of fused-ring (bicyclic) bond motifs is 1. The van der Waals surface area contributed by atoms with Gasteiger partial charge in [-0.25, -0.2) is 0 Å². The van der Waals surface area contributed by atoms with Gasteiger partial charge in [0.15, 0.2) is 0 Å². The number of aryl methyl sites for hydroxylation is 1. The first-order valence-corrected chi connectivity index (χ1v) is 6.56. The molecule has 0 radical (unpaired) electrons. The second-order valence-electron chi connectivity index (χ2n) is 5.94. The van der Waals surface area contributed by atoms with Crippen LogP contribution in [0.5, 0.6) is 0 Å². The second-order valence-corrected chi connectivity index (χ2v) is 5.94. The molecular weight excluding hydrogens is 236 g/mol. The van der Waals surface area contributed by atoms with Gasteiger partial charge < -0.3 is 10.3 Å². The van der Waals surface area contributed by atoms with Gasteiger partial charge in [0.05, 0.1) is 5.56 Å². The Kier molecular flexibility index (Phi) is 2.52. The van der Waals surface area contributed by atoms with Crippen molar-refractivity contribution in [1.29, 1.82) is 0 Å². The van der Waals surface area contributed by atoms with Gasteiger partial charge in [0.2, 0.25) is 0 Å². The summed E-state index contributed by atoms with van der Waals surface area (Å²) in [5.41, 5.74) is 4.94. The number of benzene rings is 1. The molecule has 2 heterocycles. The number of nitrogens with one attached hydrogen (secondary N) is 2. The van der Waals surface area contributed by atoms with Gasteiger partial charge in [-0.1, -0.05) is 29.8 Å². The van der Waals surface area contributed by atoms with Crippen molar-refractivity contribution in [2.24, 2.45) is 0 Å². The Labute approximate surface area is 113 Å². The topological polar surface area (TPSA) is 44.9 Å². The molecule has 0 fully saturated rings. The average Bonchev–Trinajstić information content (AvgIpc) is 2.72. The zero-order valence-electron chi connectivity index (χ0n) is 11.5. The highest BCUT2D eigenvalue weighted by Crippen LogP contribution is 2.31. The zero-order chi connectivity index (χ0) is 13.6. The molecule has 0 saturated carbocycles. The van der Waals surface area contributed by atoms with Crippen LogP contribution in [0.4, 0.5) is 0 Å². The fraction of sp³-hybridized carbons (Fsp3) is 0.312. The standard InChI is InChI=1S/C16H18N2O/c1-10-4-6-11(7-5-10)12-9-17-13-8-16(2,3)18-15(19)14(12)13/h4-7,9,17H,8H2,1-3H3,(H,18,19). The summed E-state index contributed by atoms with van der Waals surface area (Å²) in [6, 6.07) is 8.26. The van der Waals surface area contributed by atoms with Crippen molar-refractivity contribution in [3.05, 3.63) is 47.3 Å². The van der Waals surface area contributed by atoms with E-state index in [4.69, 9.17) is 0 Å². The molecule has 0 spiro atoms. The van der Waals surface area contributed by atoms with Crippen LogP contribution in [0.3, 0.4) is 0 Å². The van der Waals surface area contributed by atoms with Gasteiger partial charge in [-0.3, -0.25) is 4.79 Å². The Balaban J connectivity index is 2.09. The molecule has 3 rings (SSSR count). The molecule has 1 amide bonds. The van der Waals surface area contributed by atoms with Gasteiger partial charge in [0.25, 0.3) is 5.91 Å². The molecule has 2 aromatic rings. The quantitative estimate of drug-likeness (QED) is 0.807. The highest BCUT2D eigenvalue weighted by atomic mass is 16.1. The minimum atomic E-state index is -0.181. The summed E-state index contributed by atoms with van der Waals surface area (Å²) in [4.78, 5) is 15.6. The predicted molar refractivity (Wildman–Crippen MR) is 76.2 cm³/mol. The maximum absolute atomic E-state index is 12.3. The third-order valence-electron chi connectivity index (χ3n) is 3.62. The first kappa shape index (κ1) is 12.0. The van der Waals surface area contributed by atoms with Gasteiger partial charge >= 0.3 is 0 Å². The van der Waals surface area contributed by atoms with E-state index in [2.05, 4.69) is 41.5 Å². The lowest BCUT2D eigenvalue weighted by Crippen LogP contribution is -2.49. The van der Waals surface area contributed by atoms with Crippen molar-refractivity contribution in [2.45, 2.75) is 32.7 Å². The van der Waals surface area contributed by atoms with Crippen molar-refractivity contribution in [2.75, 3.05) is 0 Å². The van der Waals surface area contributed by atoms with Crippen molar-refractivity contribution < 1.29 is 4.79 Å². The van der Waals surface area contributed by atoms with Crippen LogP contribution in [-0.2, 0) is 6.42 Å². The highest BCUT2D eigenvalue weighted by molar-refractivity contribution is 6.03. The lowest BCUT2D eigenvalue weighted by Gasteiger charge is -2.31. The Bertz CT molecular complexity index is 635. The minimum Gasteiger partial charge on any atom is -0.364 e. The van der Waals surface area contributed by atoms with Crippen molar-refractivity contribution in [3.63, 3.8) is 0 Å². The summed E-state index contributed by atoms with van der Waals surface area (Å²) >= 11 is 0. The fourth-order valence-corrected chi connectivity index (χ4v) is 2.68. The molecule has 98 valence electrons. The van der Waals surface area contributed by atoms with E-state index in [1.165, 1.54) is 5.56 Å². The number of carbonyl (C=O) groups excluding carboxylic acids is 1. The van der Waals surface area contributed by atoms with Crippen LogP contribution in [0.1, 0.15) is 35.5 Å². The SMILES string of the molecule is Cc1ccc(-c2c[nH]c3c2C(=O)NC(C)(C)C3)cc1. The number of hydrogen-bond donors (Lipinski definition) is 2. The van der Waals surface area contributed by atoms with E-state index >= 15 is 0 Å². The molecule has 0 atom stereocenters. The van der Waals surface area contributed by atoms with E-state index in [1.54, 1.807) is 0 Å². The second kappa shape index (κ2) is 3.98. The van der Waals surface area contributed by atoms with E-state index in [9.17, 15) is 4.79 Å². The number of hydrogen-bond acceptors (Lipinski definition) is 1. The molecule has 1 aromatic heterocycles. The molecule has 0 unspecified atom stereocenters. The van der Waals surface area contributed by atoms with Gasteiger partial charge in [0, 0.05) is 29.4 Å². The Morgan fingerprint density at radius 2 is 1.84 bits per heavy atom. The summed E-state index contributed by atoms with van der Waals surface area (Å²) < 4.78 is 0. The summed E-state index contributed by atoms with van der Waals surface area (Å²) in [5, 5.41) is 3.06.